The molecular formula is C14H16O. The zero-order valence-electron chi connectivity index (χ0n) is 9.34. The van der Waals surface area contributed by atoms with E-state index in [1.807, 2.05) is 25.1 Å². The molecule has 0 amide bonds. The van der Waals surface area contributed by atoms with Gasteiger partial charge in [0.1, 0.15) is 6.61 Å². The number of hydrogen-bond acceptors (Lipinski definition) is 1. The van der Waals surface area contributed by atoms with Gasteiger partial charge in [-0.25, -0.2) is 0 Å². The van der Waals surface area contributed by atoms with Crippen LogP contribution < -0.4 is 0 Å². The zero-order chi connectivity index (χ0) is 11.1. The van der Waals surface area contributed by atoms with E-state index in [1.54, 1.807) is 7.11 Å². The van der Waals surface area contributed by atoms with Crippen molar-refractivity contribution in [3.63, 3.8) is 0 Å². The third-order valence-corrected chi connectivity index (χ3v) is 1.95. The van der Waals surface area contributed by atoms with Crippen LogP contribution >= 0.6 is 0 Å². The van der Waals surface area contributed by atoms with E-state index in [0.29, 0.717) is 6.61 Å². The van der Waals surface area contributed by atoms with Gasteiger partial charge in [-0.2, -0.15) is 0 Å². The number of hydrogen-bond donors (Lipinski definition) is 0. The predicted molar refractivity (Wildman–Crippen MR) is 63.7 cm³/mol. The molecule has 1 aromatic carbocycles. The van der Waals surface area contributed by atoms with Crippen molar-refractivity contribution < 1.29 is 4.74 Å². The lowest BCUT2D eigenvalue weighted by molar-refractivity contribution is 0.240. The molecule has 0 radical (unpaired) electrons. The maximum atomic E-state index is 4.89. The molecule has 0 aromatic heterocycles. The third-order valence-electron chi connectivity index (χ3n) is 1.95. The van der Waals surface area contributed by atoms with Crippen LogP contribution in [0.25, 0.3) is 0 Å². The van der Waals surface area contributed by atoms with Gasteiger partial charge >= 0.3 is 0 Å². The van der Waals surface area contributed by atoms with Crippen molar-refractivity contribution in [1.29, 1.82) is 0 Å². The van der Waals surface area contributed by atoms with Crippen molar-refractivity contribution in [3.8, 4) is 11.8 Å². The Morgan fingerprint density at radius 3 is 2.80 bits per heavy atom. The number of methoxy groups -OCH3 is 1. The second-order valence-corrected chi connectivity index (χ2v) is 3.53. The van der Waals surface area contributed by atoms with Gasteiger partial charge in [-0.15, -0.1) is 0 Å². The molecular weight excluding hydrogens is 184 g/mol. The Morgan fingerprint density at radius 2 is 2.13 bits per heavy atom. The minimum Gasteiger partial charge on any atom is -0.372 e. The summed E-state index contributed by atoms with van der Waals surface area (Å²) in [5, 5.41) is 0. The van der Waals surface area contributed by atoms with E-state index in [-0.39, 0.29) is 0 Å². The Balaban J connectivity index is 2.87. The third kappa shape index (κ3) is 4.01. The van der Waals surface area contributed by atoms with Gasteiger partial charge in [-0.05, 0) is 25.0 Å². The number of benzene rings is 1. The van der Waals surface area contributed by atoms with Crippen LogP contribution in [0.5, 0.6) is 0 Å². The standard InChI is InChI=1S/C14H16O/c1-12(2)11-14-8-5-4-7-13(14)9-6-10-15-3/h4-5,7-8H,1,10-11H2,2-3H3. The maximum Gasteiger partial charge on any atom is 0.107 e. The highest BCUT2D eigenvalue weighted by Gasteiger charge is 1.98. The van der Waals surface area contributed by atoms with E-state index < -0.39 is 0 Å². The first-order valence-electron chi connectivity index (χ1n) is 4.94. The summed E-state index contributed by atoms with van der Waals surface area (Å²) in [5.74, 6) is 6.07. The summed E-state index contributed by atoms with van der Waals surface area (Å²) in [6, 6.07) is 8.14. The Kier molecular flexibility index (Phi) is 4.66. The molecule has 15 heavy (non-hydrogen) atoms. The van der Waals surface area contributed by atoms with Crippen molar-refractivity contribution in [2.24, 2.45) is 0 Å². The van der Waals surface area contributed by atoms with Crippen LogP contribution in [-0.2, 0) is 11.2 Å². The summed E-state index contributed by atoms with van der Waals surface area (Å²) >= 11 is 0. The number of allylic oxidation sites excluding steroid dienone is 1. The molecule has 0 heterocycles. The van der Waals surface area contributed by atoms with Crippen molar-refractivity contribution in [3.05, 3.63) is 47.5 Å². The number of ether oxygens (including phenoxy) is 1. The molecule has 0 bridgehead atoms. The summed E-state index contributed by atoms with van der Waals surface area (Å²) in [4.78, 5) is 0. The number of rotatable bonds is 3. The van der Waals surface area contributed by atoms with Gasteiger partial charge in [-0.3, -0.25) is 0 Å². The monoisotopic (exact) mass is 200 g/mol. The molecule has 78 valence electrons. The highest BCUT2D eigenvalue weighted by Crippen LogP contribution is 2.11. The topological polar surface area (TPSA) is 9.23 Å². The summed E-state index contributed by atoms with van der Waals surface area (Å²) in [6.45, 7) is 6.42. The normalized spacial score (nSPS) is 9.20. The second-order valence-electron chi connectivity index (χ2n) is 3.53. The molecule has 0 aliphatic carbocycles. The Bertz CT molecular complexity index is 393. The fourth-order valence-electron chi connectivity index (χ4n) is 1.33. The van der Waals surface area contributed by atoms with Gasteiger partial charge in [0.05, 0.1) is 0 Å². The predicted octanol–water partition coefficient (Wildman–Crippen LogP) is 2.80. The van der Waals surface area contributed by atoms with Gasteiger partial charge in [0.25, 0.3) is 0 Å². The fourth-order valence-corrected chi connectivity index (χ4v) is 1.33. The molecule has 0 aliphatic heterocycles. The molecule has 1 heteroatoms. The van der Waals surface area contributed by atoms with Crippen LogP contribution in [0, 0.1) is 11.8 Å². The first-order valence-corrected chi connectivity index (χ1v) is 4.94. The van der Waals surface area contributed by atoms with Crippen LogP contribution in [0.3, 0.4) is 0 Å². The molecule has 0 aliphatic rings. The summed E-state index contributed by atoms with van der Waals surface area (Å²) < 4.78 is 4.89. The van der Waals surface area contributed by atoms with Crippen molar-refractivity contribution in [2.45, 2.75) is 13.3 Å². The Morgan fingerprint density at radius 1 is 1.40 bits per heavy atom. The van der Waals surface area contributed by atoms with E-state index in [0.717, 1.165) is 17.6 Å². The maximum absolute atomic E-state index is 4.89. The van der Waals surface area contributed by atoms with Crippen molar-refractivity contribution in [2.75, 3.05) is 13.7 Å². The molecule has 0 saturated carbocycles. The fraction of sp³-hybridized carbons (Fsp3) is 0.286. The first kappa shape index (κ1) is 11.6. The summed E-state index contributed by atoms with van der Waals surface area (Å²) in [6.07, 6.45) is 0.887. The average molecular weight is 200 g/mol. The van der Waals surface area contributed by atoms with E-state index in [1.165, 1.54) is 5.56 Å². The molecule has 1 rings (SSSR count). The van der Waals surface area contributed by atoms with Gasteiger partial charge in [0.2, 0.25) is 0 Å². The smallest absolute Gasteiger partial charge is 0.107 e. The van der Waals surface area contributed by atoms with E-state index in [9.17, 15) is 0 Å². The van der Waals surface area contributed by atoms with Crippen LogP contribution in [0.2, 0.25) is 0 Å². The Hall–Kier alpha value is -1.52. The lowest BCUT2D eigenvalue weighted by Crippen LogP contribution is -1.91. The lowest BCUT2D eigenvalue weighted by atomic mass is 10.0. The van der Waals surface area contributed by atoms with Gasteiger partial charge < -0.3 is 4.74 Å². The second kappa shape index (κ2) is 6.06. The molecule has 0 unspecified atom stereocenters. The van der Waals surface area contributed by atoms with Crippen LogP contribution in [-0.4, -0.2) is 13.7 Å². The first-order chi connectivity index (χ1) is 7.24. The quantitative estimate of drug-likeness (QED) is 0.538. The summed E-state index contributed by atoms with van der Waals surface area (Å²) in [5.41, 5.74) is 3.45. The molecule has 0 spiro atoms. The molecule has 1 nitrogen and oxygen atoms in total. The van der Waals surface area contributed by atoms with Crippen LogP contribution in [0.4, 0.5) is 0 Å². The van der Waals surface area contributed by atoms with E-state index >= 15 is 0 Å². The minimum absolute atomic E-state index is 0.474. The summed E-state index contributed by atoms with van der Waals surface area (Å²) in [7, 11) is 1.65. The lowest BCUT2D eigenvalue weighted by Gasteiger charge is -2.03. The van der Waals surface area contributed by atoms with Gasteiger partial charge in [0.15, 0.2) is 0 Å². The van der Waals surface area contributed by atoms with Gasteiger partial charge in [0, 0.05) is 12.7 Å². The molecule has 0 fully saturated rings. The van der Waals surface area contributed by atoms with E-state index in [4.69, 9.17) is 4.74 Å². The van der Waals surface area contributed by atoms with Crippen LogP contribution in [0.15, 0.2) is 36.4 Å². The molecule has 1 aromatic rings. The average Bonchev–Trinajstić information content (AvgIpc) is 2.20. The zero-order valence-corrected chi connectivity index (χ0v) is 9.34. The van der Waals surface area contributed by atoms with Gasteiger partial charge in [-0.1, -0.05) is 42.2 Å². The van der Waals surface area contributed by atoms with Crippen LogP contribution in [0.1, 0.15) is 18.1 Å². The molecule has 0 N–H and O–H groups in total. The van der Waals surface area contributed by atoms with Crippen molar-refractivity contribution >= 4 is 0 Å². The largest absolute Gasteiger partial charge is 0.372 e. The van der Waals surface area contributed by atoms with E-state index in [2.05, 4.69) is 24.5 Å². The highest BCUT2D eigenvalue weighted by atomic mass is 16.5. The SMILES string of the molecule is C=C(C)Cc1ccccc1C#CCOC. The van der Waals surface area contributed by atoms with Crippen molar-refractivity contribution in [1.82, 2.24) is 0 Å². The highest BCUT2D eigenvalue weighted by molar-refractivity contribution is 5.42. The molecule has 0 saturated heterocycles. The molecule has 0 atom stereocenters. The minimum atomic E-state index is 0.474. The Labute approximate surface area is 91.8 Å².